The van der Waals surface area contributed by atoms with Crippen molar-refractivity contribution in [1.82, 2.24) is 4.90 Å². The number of carbonyl (C=O) groups excluding carboxylic acids is 1. The van der Waals surface area contributed by atoms with E-state index in [4.69, 9.17) is 14.6 Å². The number of carboxylic acids is 1. The van der Waals surface area contributed by atoms with E-state index in [2.05, 4.69) is 0 Å². The van der Waals surface area contributed by atoms with Gasteiger partial charge in [-0.2, -0.15) is 0 Å². The second-order valence-electron chi connectivity index (χ2n) is 5.92. The lowest BCUT2D eigenvalue weighted by atomic mass is 10.1. The van der Waals surface area contributed by atoms with Gasteiger partial charge < -0.3 is 19.5 Å². The Morgan fingerprint density at radius 3 is 2.91 bits per heavy atom. The van der Waals surface area contributed by atoms with Crippen LogP contribution < -0.4 is 4.74 Å². The molecule has 1 saturated heterocycles. The lowest BCUT2D eigenvalue weighted by molar-refractivity contribution is -0.147. The lowest BCUT2D eigenvalue weighted by Crippen LogP contribution is -2.46. The van der Waals surface area contributed by atoms with Gasteiger partial charge in [-0.3, -0.25) is 9.59 Å². The SMILES string of the molecule is CC(C)Oc1cccc(CC(=O)N2CCO[C@@H](CC(=O)O)C2)c1. The molecule has 0 aromatic heterocycles. The fourth-order valence-corrected chi connectivity index (χ4v) is 2.55. The topological polar surface area (TPSA) is 76.1 Å². The molecular weight excluding hydrogens is 298 g/mol. The molecule has 1 N–H and O–H groups in total. The zero-order valence-corrected chi connectivity index (χ0v) is 13.5. The van der Waals surface area contributed by atoms with Crippen LogP contribution in [0.3, 0.4) is 0 Å². The van der Waals surface area contributed by atoms with Gasteiger partial charge in [-0.1, -0.05) is 12.1 Å². The summed E-state index contributed by atoms with van der Waals surface area (Å²) in [5.74, 6) is -0.191. The Labute approximate surface area is 136 Å². The van der Waals surface area contributed by atoms with Gasteiger partial charge in [0, 0.05) is 13.1 Å². The number of benzene rings is 1. The number of nitrogens with zero attached hydrogens (tertiary/aromatic N) is 1. The number of morpholine rings is 1. The van der Waals surface area contributed by atoms with Crippen molar-refractivity contribution in [3.05, 3.63) is 29.8 Å². The molecule has 1 fully saturated rings. The molecule has 1 heterocycles. The molecule has 0 spiro atoms. The van der Waals surface area contributed by atoms with Gasteiger partial charge in [-0.05, 0) is 31.5 Å². The highest BCUT2D eigenvalue weighted by molar-refractivity contribution is 5.79. The summed E-state index contributed by atoms with van der Waals surface area (Å²) in [4.78, 5) is 24.9. The van der Waals surface area contributed by atoms with E-state index in [0.29, 0.717) is 19.7 Å². The molecule has 0 unspecified atom stereocenters. The first-order valence-corrected chi connectivity index (χ1v) is 7.81. The Bertz CT molecular complexity index is 558. The molecule has 1 aromatic rings. The summed E-state index contributed by atoms with van der Waals surface area (Å²) in [6.07, 6.45) is -0.158. The van der Waals surface area contributed by atoms with Crippen molar-refractivity contribution >= 4 is 11.9 Å². The van der Waals surface area contributed by atoms with E-state index >= 15 is 0 Å². The van der Waals surface area contributed by atoms with Crippen LogP contribution in [0.1, 0.15) is 25.8 Å². The summed E-state index contributed by atoms with van der Waals surface area (Å²) in [5.41, 5.74) is 0.884. The highest BCUT2D eigenvalue weighted by Crippen LogP contribution is 2.17. The zero-order chi connectivity index (χ0) is 16.8. The molecule has 23 heavy (non-hydrogen) atoms. The van der Waals surface area contributed by atoms with Crippen LogP contribution >= 0.6 is 0 Å². The summed E-state index contributed by atoms with van der Waals surface area (Å²) in [6, 6.07) is 7.49. The van der Waals surface area contributed by atoms with Crippen LogP contribution in [0.5, 0.6) is 5.75 Å². The van der Waals surface area contributed by atoms with Gasteiger partial charge in [0.2, 0.25) is 5.91 Å². The summed E-state index contributed by atoms with van der Waals surface area (Å²) in [5, 5.41) is 8.83. The number of aliphatic carboxylic acids is 1. The van der Waals surface area contributed by atoms with Crippen molar-refractivity contribution < 1.29 is 24.2 Å². The standard InChI is InChI=1S/C17H23NO5/c1-12(2)23-14-5-3-4-13(8-14)9-16(19)18-6-7-22-15(11-18)10-17(20)21/h3-5,8,12,15H,6-7,9-11H2,1-2H3,(H,20,21)/t15-/m0/s1. The lowest BCUT2D eigenvalue weighted by Gasteiger charge is -2.32. The van der Waals surface area contributed by atoms with Crippen LogP contribution in [0.25, 0.3) is 0 Å². The fourth-order valence-electron chi connectivity index (χ4n) is 2.55. The minimum absolute atomic E-state index is 0.0228. The summed E-state index contributed by atoms with van der Waals surface area (Å²) < 4.78 is 11.0. The predicted molar refractivity (Wildman–Crippen MR) is 84.5 cm³/mol. The van der Waals surface area contributed by atoms with Crippen molar-refractivity contribution in [2.45, 2.75) is 38.9 Å². The van der Waals surface area contributed by atoms with Crippen molar-refractivity contribution in [3.8, 4) is 5.75 Å². The van der Waals surface area contributed by atoms with Crippen molar-refractivity contribution in [3.63, 3.8) is 0 Å². The van der Waals surface area contributed by atoms with Gasteiger partial charge in [0.15, 0.2) is 0 Å². The molecule has 0 radical (unpaired) electrons. The molecule has 2 rings (SSSR count). The second kappa shape index (κ2) is 7.97. The molecule has 6 nitrogen and oxygen atoms in total. The smallest absolute Gasteiger partial charge is 0.306 e. The van der Waals surface area contributed by atoms with E-state index < -0.39 is 12.1 Å². The minimum Gasteiger partial charge on any atom is -0.491 e. The molecule has 0 bridgehead atoms. The molecule has 126 valence electrons. The predicted octanol–water partition coefficient (Wildman–Crippen LogP) is 1.72. The first-order valence-electron chi connectivity index (χ1n) is 7.81. The average Bonchev–Trinajstić information content (AvgIpc) is 2.46. The summed E-state index contributed by atoms with van der Waals surface area (Å²) >= 11 is 0. The van der Waals surface area contributed by atoms with E-state index in [1.165, 1.54) is 0 Å². The third-order valence-electron chi connectivity index (χ3n) is 3.52. The fraction of sp³-hybridized carbons (Fsp3) is 0.529. The van der Waals surface area contributed by atoms with E-state index in [-0.39, 0.29) is 24.9 Å². The van der Waals surface area contributed by atoms with E-state index in [0.717, 1.165) is 11.3 Å². The number of ether oxygens (including phenoxy) is 2. The van der Waals surface area contributed by atoms with Gasteiger partial charge in [-0.25, -0.2) is 0 Å². The average molecular weight is 321 g/mol. The van der Waals surface area contributed by atoms with Gasteiger partial charge in [-0.15, -0.1) is 0 Å². The molecule has 1 aliphatic heterocycles. The number of carbonyl (C=O) groups is 2. The van der Waals surface area contributed by atoms with Crippen LogP contribution in [0.15, 0.2) is 24.3 Å². The van der Waals surface area contributed by atoms with Crippen LogP contribution in [0, 0.1) is 0 Å². The van der Waals surface area contributed by atoms with Gasteiger partial charge >= 0.3 is 5.97 Å². The molecule has 0 aliphatic carbocycles. The first kappa shape index (κ1) is 17.3. The summed E-state index contributed by atoms with van der Waals surface area (Å²) in [7, 11) is 0. The Hall–Kier alpha value is -2.08. The quantitative estimate of drug-likeness (QED) is 0.863. The maximum absolute atomic E-state index is 12.4. The molecular formula is C17H23NO5. The Morgan fingerprint density at radius 2 is 2.22 bits per heavy atom. The van der Waals surface area contributed by atoms with Crippen molar-refractivity contribution in [1.29, 1.82) is 0 Å². The van der Waals surface area contributed by atoms with Crippen LogP contribution in [0.2, 0.25) is 0 Å². The number of carboxylic acid groups (broad SMARTS) is 1. The Morgan fingerprint density at radius 1 is 1.43 bits per heavy atom. The van der Waals surface area contributed by atoms with Gasteiger partial charge in [0.25, 0.3) is 0 Å². The second-order valence-corrected chi connectivity index (χ2v) is 5.92. The third-order valence-corrected chi connectivity index (χ3v) is 3.52. The minimum atomic E-state index is -0.914. The molecule has 6 heteroatoms. The molecule has 1 aromatic carbocycles. The highest BCUT2D eigenvalue weighted by Gasteiger charge is 2.25. The normalized spacial score (nSPS) is 18.0. The number of hydrogen-bond donors (Lipinski definition) is 1. The number of hydrogen-bond acceptors (Lipinski definition) is 4. The van der Waals surface area contributed by atoms with Crippen LogP contribution in [0.4, 0.5) is 0 Å². The number of rotatable bonds is 6. The molecule has 1 atom stereocenters. The Kier molecular flexibility index (Phi) is 5.98. The van der Waals surface area contributed by atoms with E-state index in [1.54, 1.807) is 4.90 Å². The van der Waals surface area contributed by atoms with Crippen LogP contribution in [-0.2, 0) is 20.7 Å². The molecule has 0 saturated carbocycles. The zero-order valence-electron chi connectivity index (χ0n) is 13.5. The Balaban J connectivity index is 1.94. The van der Waals surface area contributed by atoms with Gasteiger partial charge in [0.05, 0.1) is 31.7 Å². The van der Waals surface area contributed by atoms with Crippen LogP contribution in [-0.4, -0.2) is 53.8 Å². The van der Waals surface area contributed by atoms with E-state index in [1.807, 2.05) is 38.1 Å². The molecule has 1 aliphatic rings. The summed E-state index contributed by atoms with van der Waals surface area (Å²) in [6.45, 7) is 5.10. The monoisotopic (exact) mass is 321 g/mol. The van der Waals surface area contributed by atoms with E-state index in [9.17, 15) is 9.59 Å². The maximum Gasteiger partial charge on any atom is 0.306 e. The largest absolute Gasteiger partial charge is 0.491 e. The number of amides is 1. The first-order chi connectivity index (χ1) is 10.9. The van der Waals surface area contributed by atoms with Gasteiger partial charge in [0.1, 0.15) is 5.75 Å². The third kappa shape index (κ3) is 5.56. The maximum atomic E-state index is 12.4. The highest BCUT2D eigenvalue weighted by atomic mass is 16.5. The van der Waals surface area contributed by atoms with Crippen molar-refractivity contribution in [2.24, 2.45) is 0 Å². The molecule has 1 amide bonds. The van der Waals surface area contributed by atoms with Crippen molar-refractivity contribution in [2.75, 3.05) is 19.7 Å².